The van der Waals surface area contributed by atoms with Gasteiger partial charge in [-0.05, 0) is 62.0 Å². The van der Waals surface area contributed by atoms with E-state index in [-0.39, 0.29) is 22.3 Å². The monoisotopic (exact) mass is 462 g/mol. The standard InChI is InChI=1S/C21H20ClFN4O3S/c1-12(2)30-19-15(22)10-13(11-17(19)29-3)8-9-18(28)26-27-20(24-25-21(27)31)14-6-4-5-7-16(14)23/h4-12H,1-3H3,(H,25,31)(H,26,28). The molecule has 1 heterocycles. The number of H-pyrrole nitrogens is 1. The van der Waals surface area contributed by atoms with Crippen molar-refractivity contribution in [2.75, 3.05) is 12.5 Å². The van der Waals surface area contributed by atoms with Gasteiger partial charge < -0.3 is 9.47 Å². The second-order valence-corrected chi connectivity index (χ2v) is 7.47. The van der Waals surface area contributed by atoms with Gasteiger partial charge in [0, 0.05) is 6.08 Å². The lowest BCUT2D eigenvalue weighted by molar-refractivity contribution is -0.112. The fourth-order valence-corrected chi connectivity index (χ4v) is 3.17. The van der Waals surface area contributed by atoms with Crippen LogP contribution in [-0.2, 0) is 4.79 Å². The van der Waals surface area contributed by atoms with Gasteiger partial charge in [0.15, 0.2) is 17.3 Å². The molecule has 7 nitrogen and oxygen atoms in total. The predicted octanol–water partition coefficient (Wildman–Crippen LogP) is 4.98. The van der Waals surface area contributed by atoms with E-state index in [1.165, 1.54) is 30.0 Å². The average Bonchev–Trinajstić information content (AvgIpc) is 3.08. The van der Waals surface area contributed by atoms with Crippen LogP contribution in [0.15, 0.2) is 42.5 Å². The van der Waals surface area contributed by atoms with Crippen LogP contribution in [0.1, 0.15) is 19.4 Å². The molecule has 0 radical (unpaired) electrons. The van der Waals surface area contributed by atoms with Gasteiger partial charge in [0.2, 0.25) is 4.77 Å². The summed E-state index contributed by atoms with van der Waals surface area (Å²) in [5, 5.41) is 6.91. The van der Waals surface area contributed by atoms with Crippen molar-refractivity contribution in [2.45, 2.75) is 20.0 Å². The lowest BCUT2D eigenvalue weighted by Crippen LogP contribution is -2.22. The summed E-state index contributed by atoms with van der Waals surface area (Å²) in [6.45, 7) is 3.76. The van der Waals surface area contributed by atoms with E-state index in [0.29, 0.717) is 22.1 Å². The third-order valence-electron chi connectivity index (χ3n) is 4.04. The molecule has 0 aliphatic rings. The van der Waals surface area contributed by atoms with E-state index in [4.69, 9.17) is 33.3 Å². The largest absolute Gasteiger partial charge is 0.493 e. The first kappa shape index (κ1) is 22.5. The Labute approximate surface area is 188 Å². The highest BCUT2D eigenvalue weighted by molar-refractivity contribution is 7.71. The number of amides is 1. The molecule has 0 saturated carbocycles. The topological polar surface area (TPSA) is 81.2 Å². The zero-order valence-corrected chi connectivity index (χ0v) is 18.6. The van der Waals surface area contributed by atoms with Crippen LogP contribution in [0.4, 0.5) is 4.39 Å². The predicted molar refractivity (Wildman–Crippen MR) is 120 cm³/mol. The van der Waals surface area contributed by atoms with Crippen molar-refractivity contribution in [2.24, 2.45) is 0 Å². The smallest absolute Gasteiger partial charge is 0.262 e. The van der Waals surface area contributed by atoms with Crippen molar-refractivity contribution >= 4 is 35.8 Å². The van der Waals surface area contributed by atoms with Crippen LogP contribution in [0, 0.1) is 10.6 Å². The number of aromatic nitrogens is 3. The Hall–Kier alpha value is -3.17. The Balaban J connectivity index is 1.83. The summed E-state index contributed by atoms with van der Waals surface area (Å²) in [6, 6.07) is 9.40. The third-order valence-corrected chi connectivity index (χ3v) is 4.60. The van der Waals surface area contributed by atoms with Crippen molar-refractivity contribution in [1.29, 1.82) is 0 Å². The van der Waals surface area contributed by atoms with Crippen LogP contribution in [0.25, 0.3) is 17.5 Å². The van der Waals surface area contributed by atoms with Gasteiger partial charge in [0.25, 0.3) is 5.91 Å². The van der Waals surface area contributed by atoms with Gasteiger partial charge in [0.1, 0.15) is 5.82 Å². The van der Waals surface area contributed by atoms with E-state index in [1.807, 2.05) is 13.8 Å². The molecule has 2 N–H and O–H groups in total. The van der Waals surface area contributed by atoms with E-state index in [9.17, 15) is 9.18 Å². The molecule has 0 unspecified atom stereocenters. The molecule has 3 rings (SSSR count). The second-order valence-electron chi connectivity index (χ2n) is 6.68. The van der Waals surface area contributed by atoms with Gasteiger partial charge in [-0.25, -0.2) is 14.2 Å². The van der Waals surface area contributed by atoms with Gasteiger partial charge in [-0.2, -0.15) is 5.10 Å². The van der Waals surface area contributed by atoms with Crippen molar-refractivity contribution in [3.8, 4) is 22.9 Å². The molecule has 10 heteroatoms. The molecule has 31 heavy (non-hydrogen) atoms. The lowest BCUT2D eigenvalue weighted by atomic mass is 10.2. The number of hydrogen-bond acceptors (Lipinski definition) is 5. The minimum Gasteiger partial charge on any atom is -0.493 e. The van der Waals surface area contributed by atoms with Crippen LogP contribution < -0.4 is 14.9 Å². The Morgan fingerprint density at radius 1 is 1.35 bits per heavy atom. The normalized spacial score (nSPS) is 11.2. The van der Waals surface area contributed by atoms with Crippen molar-refractivity contribution in [3.05, 3.63) is 63.6 Å². The number of carbonyl (C=O) groups excluding carboxylic acids is 1. The van der Waals surface area contributed by atoms with Crippen LogP contribution in [0.3, 0.4) is 0 Å². The maximum atomic E-state index is 14.1. The van der Waals surface area contributed by atoms with Gasteiger partial charge in [-0.1, -0.05) is 23.7 Å². The molecular weight excluding hydrogens is 443 g/mol. The first-order valence-electron chi connectivity index (χ1n) is 9.25. The maximum Gasteiger partial charge on any atom is 0.262 e. The number of nitrogens with one attached hydrogen (secondary N) is 2. The van der Waals surface area contributed by atoms with Crippen LogP contribution in [0.5, 0.6) is 11.5 Å². The fraction of sp³-hybridized carbons (Fsp3) is 0.190. The van der Waals surface area contributed by atoms with Crippen LogP contribution in [0.2, 0.25) is 5.02 Å². The Morgan fingerprint density at radius 2 is 2.10 bits per heavy atom. The average molecular weight is 463 g/mol. The molecule has 0 spiro atoms. The third kappa shape index (κ3) is 5.31. The molecule has 0 aliphatic heterocycles. The second kappa shape index (κ2) is 9.76. The highest BCUT2D eigenvalue weighted by Gasteiger charge is 2.15. The molecule has 0 saturated heterocycles. The van der Waals surface area contributed by atoms with E-state index >= 15 is 0 Å². The van der Waals surface area contributed by atoms with E-state index in [2.05, 4.69) is 15.6 Å². The number of ether oxygens (including phenoxy) is 2. The lowest BCUT2D eigenvalue weighted by Gasteiger charge is -2.15. The summed E-state index contributed by atoms with van der Waals surface area (Å²) >= 11 is 11.5. The number of halogens is 2. The van der Waals surface area contributed by atoms with Gasteiger partial charge in [-0.3, -0.25) is 10.2 Å². The summed E-state index contributed by atoms with van der Waals surface area (Å²) < 4.78 is 26.5. The Morgan fingerprint density at radius 3 is 2.77 bits per heavy atom. The highest BCUT2D eigenvalue weighted by atomic mass is 35.5. The molecule has 0 bridgehead atoms. The summed E-state index contributed by atoms with van der Waals surface area (Å²) in [5.41, 5.74) is 3.39. The van der Waals surface area contributed by atoms with Gasteiger partial charge in [-0.15, -0.1) is 0 Å². The summed E-state index contributed by atoms with van der Waals surface area (Å²) in [5.74, 6) is 0.0190. The first-order chi connectivity index (χ1) is 14.8. The molecule has 2 aromatic carbocycles. The molecule has 1 aromatic heterocycles. The van der Waals surface area contributed by atoms with Gasteiger partial charge in [0.05, 0.1) is 23.8 Å². The zero-order valence-electron chi connectivity index (χ0n) is 17.0. The molecule has 1 amide bonds. The molecule has 3 aromatic rings. The Kier molecular flexibility index (Phi) is 7.09. The number of hydrogen-bond donors (Lipinski definition) is 2. The molecule has 0 aliphatic carbocycles. The van der Waals surface area contributed by atoms with Crippen LogP contribution >= 0.6 is 23.8 Å². The fourth-order valence-electron chi connectivity index (χ4n) is 2.73. The molecule has 0 atom stereocenters. The minimum atomic E-state index is -0.507. The summed E-state index contributed by atoms with van der Waals surface area (Å²) in [7, 11) is 1.50. The minimum absolute atomic E-state index is 0.0817. The van der Waals surface area contributed by atoms with E-state index in [0.717, 1.165) is 0 Å². The number of carbonyl (C=O) groups is 1. The molecule has 162 valence electrons. The molecule has 0 fully saturated rings. The molecular formula is C21H20ClFN4O3S. The zero-order chi connectivity index (χ0) is 22.5. The van der Waals surface area contributed by atoms with E-state index in [1.54, 1.807) is 30.3 Å². The van der Waals surface area contributed by atoms with Crippen molar-refractivity contribution in [1.82, 2.24) is 14.9 Å². The Bertz CT molecular complexity index is 1190. The first-order valence-corrected chi connectivity index (χ1v) is 10.0. The number of rotatable bonds is 7. The van der Waals surface area contributed by atoms with Crippen molar-refractivity contribution < 1.29 is 18.7 Å². The van der Waals surface area contributed by atoms with E-state index < -0.39 is 11.7 Å². The van der Waals surface area contributed by atoms with Crippen molar-refractivity contribution in [3.63, 3.8) is 0 Å². The SMILES string of the molecule is COc1cc(C=CC(=O)Nn2c(-c3ccccc3F)n[nH]c2=S)cc(Cl)c1OC(C)C. The number of benzene rings is 2. The van der Waals surface area contributed by atoms with Crippen LogP contribution in [-0.4, -0.2) is 34.0 Å². The number of aromatic amines is 1. The highest BCUT2D eigenvalue weighted by Crippen LogP contribution is 2.37. The summed E-state index contributed by atoms with van der Waals surface area (Å²) in [4.78, 5) is 12.5. The maximum absolute atomic E-state index is 14.1. The summed E-state index contributed by atoms with van der Waals surface area (Å²) in [6.07, 6.45) is 2.75. The number of methoxy groups -OCH3 is 1. The quantitative estimate of drug-likeness (QED) is 0.382. The number of nitrogens with zero attached hydrogens (tertiary/aromatic N) is 2. The van der Waals surface area contributed by atoms with Gasteiger partial charge >= 0.3 is 0 Å².